The van der Waals surface area contributed by atoms with Crippen LogP contribution in [-0.4, -0.2) is 30.1 Å². The van der Waals surface area contributed by atoms with E-state index in [2.05, 4.69) is 61.7 Å². The second-order valence-electron chi connectivity index (χ2n) is 7.34. The van der Waals surface area contributed by atoms with E-state index < -0.39 is 0 Å². The van der Waals surface area contributed by atoms with E-state index in [0.717, 1.165) is 19.0 Å². The molecule has 0 spiro atoms. The molecule has 1 saturated heterocycles. The highest BCUT2D eigenvalue weighted by molar-refractivity contribution is 7.07. The quantitative estimate of drug-likeness (QED) is 0.903. The van der Waals surface area contributed by atoms with E-state index in [0.29, 0.717) is 17.5 Å². The van der Waals surface area contributed by atoms with Crippen molar-refractivity contribution in [2.45, 2.75) is 59.7 Å². The molecule has 20 heavy (non-hydrogen) atoms. The van der Waals surface area contributed by atoms with E-state index in [1.54, 1.807) is 11.3 Å². The molecule has 1 aliphatic rings. The maximum absolute atomic E-state index is 3.80. The Morgan fingerprint density at radius 2 is 2.20 bits per heavy atom. The molecule has 1 N–H and O–H groups in total. The minimum atomic E-state index is 0.323. The lowest BCUT2D eigenvalue weighted by Crippen LogP contribution is -2.61. The number of piperazine rings is 1. The highest BCUT2D eigenvalue weighted by atomic mass is 32.1. The number of thiophene rings is 1. The van der Waals surface area contributed by atoms with Crippen LogP contribution >= 0.6 is 11.3 Å². The van der Waals surface area contributed by atoms with Gasteiger partial charge in [-0.05, 0) is 33.7 Å². The van der Waals surface area contributed by atoms with E-state index in [9.17, 15) is 0 Å². The number of nitrogens with one attached hydrogen (secondary N) is 1. The van der Waals surface area contributed by atoms with Crippen molar-refractivity contribution in [3.8, 4) is 0 Å². The van der Waals surface area contributed by atoms with E-state index in [4.69, 9.17) is 0 Å². The molecule has 1 aromatic heterocycles. The van der Waals surface area contributed by atoms with Gasteiger partial charge in [0.15, 0.2) is 0 Å². The van der Waals surface area contributed by atoms with Crippen molar-refractivity contribution in [2.75, 3.05) is 13.1 Å². The van der Waals surface area contributed by atoms with Crippen molar-refractivity contribution >= 4 is 11.3 Å². The van der Waals surface area contributed by atoms with Crippen LogP contribution in [0.25, 0.3) is 0 Å². The Kier molecular flexibility index (Phi) is 5.27. The van der Waals surface area contributed by atoms with Gasteiger partial charge in [-0.1, -0.05) is 41.0 Å². The van der Waals surface area contributed by atoms with Crippen LogP contribution < -0.4 is 5.32 Å². The summed E-state index contributed by atoms with van der Waals surface area (Å²) in [5, 5.41) is 8.28. The summed E-state index contributed by atoms with van der Waals surface area (Å²) in [7, 11) is 0. The van der Waals surface area contributed by atoms with Crippen LogP contribution in [0.15, 0.2) is 16.8 Å². The molecule has 3 unspecified atom stereocenters. The second kappa shape index (κ2) is 6.59. The fraction of sp³-hybridized carbons (Fsp3) is 0.765. The lowest BCUT2D eigenvalue weighted by molar-refractivity contribution is 0.0380. The topological polar surface area (TPSA) is 15.3 Å². The summed E-state index contributed by atoms with van der Waals surface area (Å²) in [6, 6.07) is 3.52. The first-order valence-electron chi connectivity index (χ1n) is 7.90. The van der Waals surface area contributed by atoms with Gasteiger partial charge in [0.05, 0.1) is 0 Å². The third kappa shape index (κ3) is 3.84. The molecule has 0 bridgehead atoms. The number of rotatable bonds is 4. The maximum atomic E-state index is 3.80. The standard InChI is InChI=1S/C17H30N2S/c1-6-13(2)15-11-19(10-14-7-8-20-12-14)16(9-18-15)17(3,4)5/h7-8,12-13,15-16,18H,6,9-11H2,1-5H3. The fourth-order valence-corrected chi connectivity index (χ4v) is 3.81. The summed E-state index contributed by atoms with van der Waals surface area (Å²) in [5.74, 6) is 0.751. The van der Waals surface area contributed by atoms with E-state index in [1.165, 1.54) is 18.5 Å². The zero-order valence-corrected chi connectivity index (χ0v) is 14.5. The van der Waals surface area contributed by atoms with Gasteiger partial charge in [-0.3, -0.25) is 4.90 Å². The maximum Gasteiger partial charge on any atom is 0.0273 e. The zero-order chi connectivity index (χ0) is 14.8. The normalized spacial score (nSPS) is 26.6. The van der Waals surface area contributed by atoms with Crippen molar-refractivity contribution in [1.82, 2.24) is 10.2 Å². The Labute approximate surface area is 128 Å². The van der Waals surface area contributed by atoms with Crippen LogP contribution in [0.2, 0.25) is 0 Å². The molecule has 0 aromatic carbocycles. The molecule has 1 aromatic rings. The van der Waals surface area contributed by atoms with Gasteiger partial charge in [-0.25, -0.2) is 0 Å². The third-order valence-corrected chi connectivity index (χ3v) is 5.47. The van der Waals surface area contributed by atoms with Gasteiger partial charge in [0.1, 0.15) is 0 Å². The molecule has 1 aliphatic heterocycles. The van der Waals surface area contributed by atoms with Crippen LogP contribution in [0.3, 0.4) is 0 Å². The summed E-state index contributed by atoms with van der Waals surface area (Å²) in [4.78, 5) is 2.70. The monoisotopic (exact) mass is 294 g/mol. The average Bonchev–Trinajstić information content (AvgIpc) is 2.89. The smallest absolute Gasteiger partial charge is 0.0273 e. The minimum Gasteiger partial charge on any atom is -0.311 e. The molecule has 0 aliphatic carbocycles. The van der Waals surface area contributed by atoms with Crippen molar-refractivity contribution in [3.05, 3.63) is 22.4 Å². The predicted molar refractivity (Wildman–Crippen MR) is 89.2 cm³/mol. The number of nitrogens with zero attached hydrogens (tertiary/aromatic N) is 1. The summed E-state index contributed by atoms with van der Waals surface area (Å²) in [6.45, 7) is 15.1. The van der Waals surface area contributed by atoms with E-state index in [1.807, 2.05) is 0 Å². The molecule has 3 atom stereocenters. The molecule has 0 radical (unpaired) electrons. The van der Waals surface area contributed by atoms with Crippen molar-refractivity contribution in [2.24, 2.45) is 11.3 Å². The predicted octanol–water partition coefficient (Wildman–Crippen LogP) is 3.98. The largest absolute Gasteiger partial charge is 0.311 e. The lowest BCUT2D eigenvalue weighted by atomic mass is 9.82. The third-order valence-electron chi connectivity index (χ3n) is 4.74. The molecule has 0 amide bonds. The molecule has 2 rings (SSSR count). The minimum absolute atomic E-state index is 0.323. The van der Waals surface area contributed by atoms with Gasteiger partial charge in [-0.15, -0.1) is 0 Å². The molecule has 0 saturated carbocycles. The Hall–Kier alpha value is -0.380. The van der Waals surface area contributed by atoms with Crippen LogP contribution in [-0.2, 0) is 6.54 Å². The van der Waals surface area contributed by atoms with Gasteiger partial charge >= 0.3 is 0 Å². The number of hydrogen-bond acceptors (Lipinski definition) is 3. The van der Waals surface area contributed by atoms with Gasteiger partial charge in [-0.2, -0.15) is 11.3 Å². The first-order chi connectivity index (χ1) is 9.41. The summed E-state index contributed by atoms with van der Waals surface area (Å²) < 4.78 is 0. The van der Waals surface area contributed by atoms with Crippen molar-refractivity contribution < 1.29 is 0 Å². The van der Waals surface area contributed by atoms with Gasteiger partial charge in [0.2, 0.25) is 0 Å². The SMILES string of the molecule is CCC(C)C1CN(Cc2ccsc2)C(C(C)(C)C)CN1. The van der Waals surface area contributed by atoms with Crippen molar-refractivity contribution in [1.29, 1.82) is 0 Å². The van der Waals surface area contributed by atoms with Crippen LogP contribution in [0.4, 0.5) is 0 Å². The van der Waals surface area contributed by atoms with E-state index >= 15 is 0 Å². The van der Waals surface area contributed by atoms with Gasteiger partial charge < -0.3 is 5.32 Å². The first kappa shape index (κ1) is 16.0. The summed E-state index contributed by atoms with van der Waals surface area (Å²) >= 11 is 1.81. The first-order valence-corrected chi connectivity index (χ1v) is 8.84. The zero-order valence-electron chi connectivity index (χ0n) is 13.6. The average molecular weight is 295 g/mol. The lowest BCUT2D eigenvalue weighted by Gasteiger charge is -2.47. The Bertz CT molecular complexity index is 394. The summed E-state index contributed by atoms with van der Waals surface area (Å²) in [5.41, 5.74) is 1.79. The molecule has 1 fully saturated rings. The highest BCUT2D eigenvalue weighted by Crippen LogP contribution is 2.29. The van der Waals surface area contributed by atoms with Crippen LogP contribution in [0.5, 0.6) is 0 Å². The molecule has 3 heteroatoms. The number of hydrogen-bond donors (Lipinski definition) is 1. The Morgan fingerprint density at radius 3 is 2.75 bits per heavy atom. The van der Waals surface area contributed by atoms with Crippen LogP contribution in [0.1, 0.15) is 46.6 Å². The van der Waals surface area contributed by atoms with Crippen LogP contribution in [0, 0.1) is 11.3 Å². The van der Waals surface area contributed by atoms with Gasteiger partial charge in [0.25, 0.3) is 0 Å². The molecule has 114 valence electrons. The molecular formula is C17H30N2S. The fourth-order valence-electron chi connectivity index (χ4n) is 3.15. The van der Waals surface area contributed by atoms with Crippen molar-refractivity contribution in [3.63, 3.8) is 0 Å². The Balaban J connectivity index is 2.10. The molecule has 2 heterocycles. The highest BCUT2D eigenvalue weighted by Gasteiger charge is 2.36. The molecular weight excluding hydrogens is 264 g/mol. The second-order valence-corrected chi connectivity index (χ2v) is 8.12. The molecule has 2 nitrogen and oxygen atoms in total. The van der Waals surface area contributed by atoms with Gasteiger partial charge in [0, 0.05) is 31.7 Å². The summed E-state index contributed by atoms with van der Waals surface area (Å²) in [6.07, 6.45) is 1.25. The van der Waals surface area contributed by atoms with E-state index in [-0.39, 0.29) is 0 Å². The Morgan fingerprint density at radius 1 is 1.45 bits per heavy atom.